The van der Waals surface area contributed by atoms with Gasteiger partial charge in [-0.3, -0.25) is 9.59 Å². The van der Waals surface area contributed by atoms with E-state index < -0.39 is 12.1 Å². The van der Waals surface area contributed by atoms with Crippen LogP contribution in [0.5, 0.6) is 0 Å². The highest BCUT2D eigenvalue weighted by molar-refractivity contribution is 6.11. The molecule has 0 saturated carbocycles. The molecule has 2 atom stereocenters. The average molecular weight is 281 g/mol. The van der Waals surface area contributed by atoms with E-state index in [1.165, 1.54) is 6.92 Å². The monoisotopic (exact) mass is 281 g/mol. The van der Waals surface area contributed by atoms with Gasteiger partial charge >= 0.3 is 0 Å². The summed E-state index contributed by atoms with van der Waals surface area (Å²) in [6, 6.07) is 13.4. The zero-order chi connectivity index (χ0) is 15.0. The predicted octanol–water partition coefficient (Wildman–Crippen LogP) is 2.14. The van der Waals surface area contributed by atoms with Gasteiger partial charge < -0.3 is 10.4 Å². The Morgan fingerprint density at radius 2 is 1.52 bits per heavy atom. The molecule has 0 unspecified atom stereocenters. The molecule has 2 aromatic carbocycles. The Morgan fingerprint density at radius 3 is 2.14 bits per heavy atom. The van der Waals surface area contributed by atoms with E-state index in [1.807, 2.05) is 0 Å². The zero-order valence-electron chi connectivity index (χ0n) is 11.5. The van der Waals surface area contributed by atoms with Gasteiger partial charge in [0.05, 0.1) is 6.04 Å². The Balaban J connectivity index is 2.25. The van der Waals surface area contributed by atoms with Crippen LogP contribution < -0.4 is 5.32 Å². The second kappa shape index (κ2) is 5.14. The fraction of sp³-hybridized carbons (Fsp3) is 0.176. The van der Waals surface area contributed by atoms with Gasteiger partial charge in [0, 0.05) is 18.1 Å². The second-order valence-electron chi connectivity index (χ2n) is 5.13. The first-order valence-electron chi connectivity index (χ1n) is 6.77. The molecule has 0 saturated heterocycles. The molecule has 1 amide bonds. The van der Waals surface area contributed by atoms with E-state index in [0.717, 1.165) is 0 Å². The van der Waals surface area contributed by atoms with E-state index >= 15 is 0 Å². The number of benzene rings is 2. The summed E-state index contributed by atoms with van der Waals surface area (Å²) in [7, 11) is 0. The molecule has 4 heteroatoms. The van der Waals surface area contributed by atoms with Crippen LogP contribution in [0.2, 0.25) is 0 Å². The van der Waals surface area contributed by atoms with Gasteiger partial charge in [-0.25, -0.2) is 0 Å². The third-order valence-electron chi connectivity index (χ3n) is 3.74. The van der Waals surface area contributed by atoms with Crippen LogP contribution in [-0.2, 0) is 4.79 Å². The highest BCUT2D eigenvalue weighted by atomic mass is 16.3. The minimum absolute atomic E-state index is 0.131. The standard InChI is InChI=1S/C17H15NO3/c1-10(19)18-15-11-6-2-3-7-12(11)16(20)13-8-4-5-9-14(13)17(15)21/h2-9,15,17,21H,1H3,(H,18,19)/t15-,17-/m1/s1. The van der Waals surface area contributed by atoms with Crippen molar-refractivity contribution in [1.82, 2.24) is 5.32 Å². The largest absolute Gasteiger partial charge is 0.386 e. The van der Waals surface area contributed by atoms with Gasteiger partial charge in [0.15, 0.2) is 5.78 Å². The molecule has 1 aliphatic carbocycles. The number of carbonyl (C=O) groups excluding carboxylic acids is 2. The summed E-state index contributed by atoms with van der Waals surface area (Å²) in [6.07, 6.45) is -0.960. The molecule has 21 heavy (non-hydrogen) atoms. The Morgan fingerprint density at radius 1 is 1.00 bits per heavy atom. The van der Waals surface area contributed by atoms with Gasteiger partial charge in [0.25, 0.3) is 0 Å². The van der Waals surface area contributed by atoms with E-state index in [-0.39, 0.29) is 11.7 Å². The predicted molar refractivity (Wildman–Crippen MR) is 77.8 cm³/mol. The highest BCUT2D eigenvalue weighted by Gasteiger charge is 2.33. The van der Waals surface area contributed by atoms with Crippen molar-refractivity contribution in [3.8, 4) is 0 Å². The normalized spacial score (nSPS) is 20.2. The van der Waals surface area contributed by atoms with Crippen molar-refractivity contribution in [2.24, 2.45) is 0 Å². The van der Waals surface area contributed by atoms with Crippen LogP contribution in [0.3, 0.4) is 0 Å². The SMILES string of the molecule is CC(=O)N[C@@H]1c2ccccc2C(=O)c2ccccc2[C@H]1O. The summed E-state index contributed by atoms with van der Waals surface area (Å²) in [5, 5.41) is 13.4. The Hall–Kier alpha value is -2.46. The van der Waals surface area contributed by atoms with Crippen molar-refractivity contribution in [1.29, 1.82) is 0 Å². The van der Waals surface area contributed by atoms with E-state index in [1.54, 1.807) is 48.5 Å². The molecule has 2 N–H and O–H groups in total. The Kier molecular flexibility index (Phi) is 3.31. The molecule has 0 fully saturated rings. The summed E-state index contributed by atoms with van der Waals surface area (Å²) in [6.45, 7) is 1.40. The van der Waals surface area contributed by atoms with Crippen molar-refractivity contribution in [2.45, 2.75) is 19.1 Å². The van der Waals surface area contributed by atoms with E-state index in [9.17, 15) is 14.7 Å². The molecule has 0 bridgehead atoms. The van der Waals surface area contributed by atoms with Crippen LogP contribution >= 0.6 is 0 Å². The maximum Gasteiger partial charge on any atom is 0.217 e. The topological polar surface area (TPSA) is 66.4 Å². The first kappa shape index (κ1) is 13.5. The van der Waals surface area contributed by atoms with Gasteiger partial charge in [-0.1, -0.05) is 48.5 Å². The number of rotatable bonds is 1. The Bertz CT molecular complexity index is 723. The van der Waals surface area contributed by atoms with Gasteiger partial charge in [-0.05, 0) is 11.1 Å². The molecular weight excluding hydrogens is 266 g/mol. The molecule has 0 radical (unpaired) electrons. The fourth-order valence-corrected chi connectivity index (χ4v) is 2.81. The molecule has 2 aromatic rings. The summed E-state index contributed by atoms with van der Waals surface area (Å²) in [4.78, 5) is 24.1. The summed E-state index contributed by atoms with van der Waals surface area (Å²) in [5.74, 6) is -0.381. The summed E-state index contributed by atoms with van der Waals surface area (Å²) in [5.41, 5.74) is 2.17. The first-order chi connectivity index (χ1) is 10.1. The fourth-order valence-electron chi connectivity index (χ4n) is 2.81. The number of fused-ring (bicyclic) bond motifs is 2. The minimum Gasteiger partial charge on any atom is -0.386 e. The van der Waals surface area contributed by atoms with Crippen LogP contribution in [0.25, 0.3) is 0 Å². The number of ketones is 1. The van der Waals surface area contributed by atoms with Crippen LogP contribution in [0.4, 0.5) is 0 Å². The lowest BCUT2D eigenvalue weighted by Gasteiger charge is -2.23. The number of amides is 1. The van der Waals surface area contributed by atoms with Crippen molar-refractivity contribution >= 4 is 11.7 Å². The maximum atomic E-state index is 12.7. The smallest absolute Gasteiger partial charge is 0.217 e. The molecule has 0 heterocycles. The number of nitrogens with one attached hydrogen (secondary N) is 1. The highest BCUT2D eigenvalue weighted by Crippen LogP contribution is 2.37. The van der Waals surface area contributed by atoms with Crippen LogP contribution in [0.15, 0.2) is 48.5 Å². The van der Waals surface area contributed by atoms with Crippen LogP contribution in [0.1, 0.15) is 46.1 Å². The number of carbonyl (C=O) groups is 2. The molecular formula is C17H15NO3. The van der Waals surface area contributed by atoms with Crippen molar-refractivity contribution < 1.29 is 14.7 Å². The Labute approximate surface area is 122 Å². The number of aliphatic hydroxyl groups is 1. The minimum atomic E-state index is -0.960. The zero-order valence-corrected chi connectivity index (χ0v) is 11.5. The van der Waals surface area contributed by atoms with E-state index in [2.05, 4.69) is 5.32 Å². The van der Waals surface area contributed by atoms with Gasteiger partial charge in [0.1, 0.15) is 6.10 Å². The molecule has 0 aromatic heterocycles. The molecule has 3 rings (SSSR count). The van der Waals surface area contributed by atoms with Crippen LogP contribution in [-0.4, -0.2) is 16.8 Å². The van der Waals surface area contributed by atoms with Gasteiger partial charge in [-0.15, -0.1) is 0 Å². The number of aliphatic hydroxyl groups excluding tert-OH is 1. The summed E-state index contributed by atoms with van der Waals surface area (Å²) < 4.78 is 0. The number of hydrogen-bond donors (Lipinski definition) is 2. The van der Waals surface area contributed by atoms with Gasteiger partial charge in [0.2, 0.25) is 5.91 Å². The maximum absolute atomic E-state index is 12.7. The molecule has 106 valence electrons. The van der Waals surface area contributed by atoms with E-state index in [0.29, 0.717) is 22.3 Å². The third kappa shape index (κ3) is 2.23. The lowest BCUT2D eigenvalue weighted by atomic mass is 9.95. The van der Waals surface area contributed by atoms with E-state index in [4.69, 9.17) is 0 Å². The van der Waals surface area contributed by atoms with Crippen molar-refractivity contribution in [3.05, 3.63) is 70.8 Å². The quantitative estimate of drug-likeness (QED) is 0.841. The van der Waals surface area contributed by atoms with Gasteiger partial charge in [-0.2, -0.15) is 0 Å². The third-order valence-corrected chi connectivity index (χ3v) is 3.74. The second-order valence-corrected chi connectivity index (χ2v) is 5.13. The molecule has 4 nitrogen and oxygen atoms in total. The summed E-state index contributed by atoms with van der Waals surface area (Å²) >= 11 is 0. The van der Waals surface area contributed by atoms with Crippen molar-refractivity contribution in [3.63, 3.8) is 0 Å². The average Bonchev–Trinajstić information content (AvgIpc) is 2.58. The lowest BCUT2D eigenvalue weighted by molar-refractivity contribution is -0.120. The molecule has 1 aliphatic rings. The lowest BCUT2D eigenvalue weighted by Crippen LogP contribution is -2.31. The van der Waals surface area contributed by atoms with Crippen LogP contribution in [0, 0.1) is 0 Å². The molecule has 0 aliphatic heterocycles. The molecule has 0 spiro atoms. The number of hydrogen-bond acceptors (Lipinski definition) is 3. The van der Waals surface area contributed by atoms with Crippen molar-refractivity contribution in [2.75, 3.05) is 0 Å². The first-order valence-corrected chi connectivity index (χ1v) is 6.77.